The maximum Gasteiger partial charge on any atom is 0.267 e. The number of nitrogens with one attached hydrogen (secondary N) is 2. The van der Waals surface area contributed by atoms with E-state index in [2.05, 4.69) is 10.3 Å². The molecule has 0 saturated heterocycles. The third-order valence-corrected chi connectivity index (χ3v) is 3.01. The Bertz CT molecular complexity index is 624. The first-order valence-corrected chi connectivity index (χ1v) is 6.25. The molecule has 0 aliphatic rings. The number of hydrogen-bond acceptors (Lipinski definition) is 3. The predicted molar refractivity (Wildman–Crippen MR) is 73.2 cm³/mol. The van der Waals surface area contributed by atoms with Crippen molar-refractivity contribution >= 4 is 16.8 Å². The number of amides is 1. The number of aromatic nitrogens is 1. The Balaban J connectivity index is 2.13. The van der Waals surface area contributed by atoms with Gasteiger partial charge in [-0.25, -0.2) is 4.39 Å². The summed E-state index contributed by atoms with van der Waals surface area (Å²) in [6, 6.07) is 4.43. The fourth-order valence-corrected chi connectivity index (χ4v) is 2.05. The van der Waals surface area contributed by atoms with Crippen LogP contribution in [-0.4, -0.2) is 42.4 Å². The van der Waals surface area contributed by atoms with Crippen molar-refractivity contribution in [3.63, 3.8) is 0 Å². The second kappa shape index (κ2) is 6.02. The van der Waals surface area contributed by atoms with Crippen molar-refractivity contribution in [1.82, 2.24) is 10.3 Å². The molecule has 1 unspecified atom stereocenters. The van der Waals surface area contributed by atoms with E-state index in [0.717, 1.165) is 10.9 Å². The Morgan fingerprint density at radius 1 is 1.50 bits per heavy atom. The Morgan fingerprint density at radius 2 is 2.25 bits per heavy atom. The number of carbonyl (C=O) groups excluding carboxylic acids is 1. The number of rotatable bonds is 5. The van der Waals surface area contributed by atoms with E-state index in [1.807, 2.05) is 0 Å². The number of aryl methyl sites for hydroxylation is 1. The lowest BCUT2D eigenvalue weighted by molar-refractivity contribution is 0.0609. The lowest BCUT2D eigenvalue weighted by atomic mass is 10.1. The van der Waals surface area contributed by atoms with Crippen molar-refractivity contribution in [3.8, 4) is 0 Å². The maximum atomic E-state index is 13.3. The largest absolute Gasteiger partial charge is 0.389 e. The number of ether oxygens (including phenoxy) is 1. The molecule has 0 spiro atoms. The van der Waals surface area contributed by atoms with Gasteiger partial charge in [-0.1, -0.05) is 0 Å². The summed E-state index contributed by atoms with van der Waals surface area (Å²) in [5, 5.41) is 12.9. The van der Waals surface area contributed by atoms with Crippen LogP contribution in [-0.2, 0) is 4.74 Å². The maximum absolute atomic E-state index is 13.3. The van der Waals surface area contributed by atoms with Gasteiger partial charge in [-0.3, -0.25) is 4.79 Å². The smallest absolute Gasteiger partial charge is 0.267 e. The van der Waals surface area contributed by atoms with E-state index >= 15 is 0 Å². The zero-order valence-corrected chi connectivity index (χ0v) is 11.4. The minimum absolute atomic E-state index is 0.0926. The van der Waals surface area contributed by atoms with Crippen LogP contribution in [0.2, 0.25) is 0 Å². The van der Waals surface area contributed by atoms with E-state index in [1.54, 1.807) is 13.0 Å². The summed E-state index contributed by atoms with van der Waals surface area (Å²) < 4.78 is 18.0. The molecule has 2 rings (SSSR count). The molecule has 0 saturated carbocycles. The summed E-state index contributed by atoms with van der Waals surface area (Å²) in [5.74, 6) is -0.699. The van der Waals surface area contributed by atoms with Gasteiger partial charge in [0.15, 0.2) is 0 Å². The minimum Gasteiger partial charge on any atom is -0.389 e. The molecule has 6 heteroatoms. The average Bonchev–Trinajstić information content (AvgIpc) is 2.80. The average molecular weight is 280 g/mol. The number of halogens is 1. The third-order valence-electron chi connectivity index (χ3n) is 3.01. The Morgan fingerprint density at radius 3 is 2.95 bits per heavy atom. The van der Waals surface area contributed by atoms with E-state index in [4.69, 9.17) is 4.74 Å². The summed E-state index contributed by atoms with van der Waals surface area (Å²) in [7, 11) is 1.47. The van der Waals surface area contributed by atoms with Crippen molar-refractivity contribution in [2.24, 2.45) is 0 Å². The molecule has 0 aliphatic carbocycles. The number of aliphatic hydroxyl groups excluding tert-OH is 1. The summed E-state index contributed by atoms with van der Waals surface area (Å²) in [5.41, 5.74) is 1.66. The summed E-state index contributed by atoms with van der Waals surface area (Å²) in [4.78, 5) is 14.8. The first-order valence-electron chi connectivity index (χ1n) is 6.25. The molecule has 108 valence electrons. The van der Waals surface area contributed by atoms with E-state index in [-0.39, 0.29) is 24.9 Å². The molecule has 1 aromatic heterocycles. The number of benzene rings is 1. The first kappa shape index (κ1) is 14.5. The number of aliphatic hydroxyl groups is 1. The molecular weight excluding hydrogens is 263 g/mol. The molecule has 1 aromatic carbocycles. The van der Waals surface area contributed by atoms with Crippen LogP contribution in [0.3, 0.4) is 0 Å². The Hall–Kier alpha value is -1.92. The fraction of sp³-hybridized carbons (Fsp3) is 0.357. The molecule has 2 aromatic rings. The van der Waals surface area contributed by atoms with Crippen molar-refractivity contribution in [3.05, 3.63) is 35.3 Å². The van der Waals surface area contributed by atoms with Gasteiger partial charge in [0, 0.05) is 24.6 Å². The molecule has 0 aliphatic heterocycles. The van der Waals surface area contributed by atoms with Crippen LogP contribution in [0.4, 0.5) is 4.39 Å². The molecule has 0 bridgehead atoms. The van der Waals surface area contributed by atoms with Crippen molar-refractivity contribution in [2.45, 2.75) is 13.0 Å². The van der Waals surface area contributed by atoms with E-state index in [0.29, 0.717) is 11.2 Å². The van der Waals surface area contributed by atoms with Crippen LogP contribution in [0, 0.1) is 12.7 Å². The van der Waals surface area contributed by atoms with Gasteiger partial charge in [-0.05, 0) is 30.7 Å². The van der Waals surface area contributed by atoms with Gasteiger partial charge in [0.25, 0.3) is 5.91 Å². The molecule has 0 radical (unpaired) electrons. The van der Waals surface area contributed by atoms with Crippen LogP contribution < -0.4 is 5.32 Å². The van der Waals surface area contributed by atoms with E-state index < -0.39 is 6.10 Å². The SMILES string of the molecule is COCC(O)CNC(=O)c1cc2c(C)cc(F)cc2[nH]1. The molecule has 1 atom stereocenters. The monoisotopic (exact) mass is 280 g/mol. The minimum atomic E-state index is -0.757. The first-order chi connectivity index (χ1) is 9.51. The van der Waals surface area contributed by atoms with Gasteiger partial charge in [-0.15, -0.1) is 0 Å². The second-order valence-corrected chi connectivity index (χ2v) is 4.69. The van der Waals surface area contributed by atoms with Crippen molar-refractivity contribution < 1.29 is 19.0 Å². The van der Waals surface area contributed by atoms with Gasteiger partial charge in [-0.2, -0.15) is 0 Å². The van der Waals surface area contributed by atoms with E-state index in [1.165, 1.54) is 19.2 Å². The summed E-state index contributed by atoms with van der Waals surface area (Å²) in [6.45, 7) is 2.02. The number of H-pyrrole nitrogens is 1. The van der Waals surface area contributed by atoms with Crippen LogP contribution in [0.1, 0.15) is 16.1 Å². The standard InChI is InChI=1S/C14H17FN2O3/c1-8-3-9(15)4-12-11(8)5-13(17-12)14(19)16-6-10(18)7-20-2/h3-5,10,17-18H,6-7H2,1-2H3,(H,16,19). The molecule has 3 N–H and O–H groups in total. The highest BCUT2D eigenvalue weighted by atomic mass is 19.1. The highest BCUT2D eigenvalue weighted by molar-refractivity contribution is 5.98. The molecule has 5 nitrogen and oxygen atoms in total. The second-order valence-electron chi connectivity index (χ2n) is 4.69. The zero-order valence-electron chi connectivity index (χ0n) is 11.4. The van der Waals surface area contributed by atoms with E-state index in [9.17, 15) is 14.3 Å². The summed E-state index contributed by atoms with van der Waals surface area (Å²) in [6.07, 6.45) is -0.757. The van der Waals surface area contributed by atoms with Crippen molar-refractivity contribution in [2.75, 3.05) is 20.3 Å². The molecule has 20 heavy (non-hydrogen) atoms. The lowest BCUT2D eigenvalue weighted by Gasteiger charge is -2.09. The number of fused-ring (bicyclic) bond motifs is 1. The number of aromatic amines is 1. The normalized spacial score (nSPS) is 12.6. The topological polar surface area (TPSA) is 74.3 Å². The van der Waals surface area contributed by atoms with Gasteiger partial charge >= 0.3 is 0 Å². The molecule has 1 amide bonds. The van der Waals surface area contributed by atoms with Crippen molar-refractivity contribution in [1.29, 1.82) is 0 Å². The van der Waals surface area contributed by atoms with Gasteiger partial charge in [0.2, 0.25) is 0 Å². The quantitative estimate of drug-likeness (QED) is 0.774. The highest BCUT2D eigenvalue weighted by Gasteiger charge is 2.13. The molecule has 0 fully saturated rings. The third kappa shape index (κ3) is 3.15. The van der Waals surface area contributed by atoms with Crippen LogP contribution in [0.25, 0.3) is 10.9 Å². The predicted octanol–water partition coefficient (Wildman–Crippen LogP) is 1.35. The Kier molecular flexibility index (Phi) is 4.36. The summed E-state index contributed by atoms with van der Waals surface area (Å²) >= 11 is 0. The number of methoxy groups -OCH3 is 1. The molecular formula is C14H17FN2O3. The van der Waals surface area contributed by atoms with Gasteiger partial charge in [0.1, 0.15) is 11.5 Å². The fourth-order valence-electron chi connectivity index (χ4n) is 2.05. The van der Waals surface area contributed by atoms with Crippen LogP contribution in [0.5, 0.6) is 0 Å². The lowest BCUT2D eigenvalue weighted by Crippen LogP contribution is -2.34. The zero-order chi connectivity index (χ0) is 14.7. The van der Waals surface area contributed by atoms with Gasteiger partial charge in [0.05, 0.1) is 12.7 Å². The van der Waals surface area contributed by atoms with Gasteiger partial charge < -0.3 is 20.1 Å². The number of hydrogen-bond donors (Lipinski definition) is 3. The Labute approximate surface area is 115 Å². The number of carbonyl (C=O) groups is 1. The molecule has 1 heterocycles. The van der Waals surface area contributed by atoms with Crippen LogP contribution in [0.15, 0.2) is 18.2 Å². The van der Waals surface area contributed by atoms with Crippen LogP contribution >= 0.6 is 0 Å². The highest BCUT2D eigenvalue weighted by Crippen LogP contribution is 2.21.